The van der Waals surface area contributed by atoms with Crippen LogP contribution < -0.4 is 4.74 Å². The molecule has 132 valence electrons. The van der Waals surface area contributed by atoms with Gasteiger partial charge in [-0.15, -0.1) is 0 Å². The van der Waals surface area contributed by atoms with Gasteiger partial charge in [0.2, 0.25) is 0 Å². The van der Waals surface area contributed by atoms with Crippen LogP contribution in [-0.4, -0.2) is 56.0 Å². The van der Waals surface area contributed by atoms with Crippen LogP contribution in [0.25, 0.3) is 10.4 Å². The van der Waals surface area contributed by atoms with Crippen molar-refractivity contribution in [2.75, 3.05) is 46.0 Å². The van der Waals surface area contributed by atoms with E-state index in [-0.39, 0.29) is 0 Å². The van der Waals surface area contributed by atoms with Crippen molar-refractivity contribution in [2.45, 2.75) is 25.4 Å². The molecule has 7 heteroatoms. The quantitative estimate of drug-likeness (QED) is 0.308. The number of rotatable bonds is 10. The maximum Gasteiger partial charge on any atom is 0.119 e. The van der Waals surface area contributed by atoms with Gasteiger partial charge in [0.25, 0.3) is 0 Å². The van der Waals surface area contributed by atoms with Crippen LogP contribution >= 0.6 is 0 Å². The van der Waals surface area contributed by atoms with Gasteiger partial charge in [-0.05, 0) is 36.1 Å². The standard InChI is InChI=1S/C17H26N4O3/c18-20-19-8-2-1-3-17(22)15-4-6-16(7-5-15)24-14-11-21-9-12-23-13-10-21/h4-7,17,22H,1-3,8-14H2. The minimum absolute atomic E-state index is 0.485. The Hall–Kier alpha value is -1.79. The predicted molar refractivity (Wildman–Crippen MR) is 92.0 cm³/mol. The number of ether oxygens (including phenoxy) is 2. The molecule has 0 bridgehead atoms. The third kappa shape index (κ3) is 6.76. The van der Waals surface area contributed by atoms with E-state index in [0.717, 1.165) is 57.0 Å². The molecule has 0 aliphatic carbocycles. The Morgan fingerprint density at radius 2 is 2.00 bits per heavy atom. The van der Waals surface area contributed by atoms with Crippen molar-refractivity contribution in [2.24, 2.45) is 5.11 Å². The van der Waals surface area contributed by atoms with Gasteiger partial charge in [-0.3, -0.25) is 4.90 Å². The van der Waals surface area contributed by atoms with E-state index >= 15 is 0 Å². The molecule has 0 saturated carbocycles. The molecule has 1 aromatic rings. The number of unbranched alkanes of at least 4 members (excludes halogenated alkanes) is 1. The molecule has 1 saturated heterocycles. The summed E-state index contributed by atoms with van der Waals surface area (Å²) in [6.07, 6.45) is 1.80. The minimum atomic E-state index is -0.488. The fraction of sp³-hybridized carbons (Fsp3) is 0.647. The second kappa shape index (κ2) is 10.9. The zero-order chi connectivity index (χ0) is 17.0. The van der Waals surface area contributed by atoms with E-state index in [1.165, 1.54) is 0 Å². The van der Waals surface area contributed by atoms with Crippen LogP contribution in [0.3, 0.4) is 0 Å². The molecule has 7 nitrogen and oxygen atoms in total. The Labute approximate surface area is 142 Å². The van der Waals surface area contributed by atoms with Crippen LogP contribution in [-0.2, 0) is 4.74 Å². The number of azide groups is 1. The highest BCUT2D eigenvalue weighted by Crippen LogP contribution is 2.22. The fourth-order valence-corrected chi connectivity index (χ4v) is 2.64. The molecule has 1 N–H and O–H groups in total. The fourth-order valence-electron chi connectivity index (χ4n) is 2.64. The molecule has 1 heterocycles. The molecule has 1 aliphatic rings. The summed E-state index contributed by atoms with van der Waals surface area (Å²) >= 11 is 0. The zero-order valence-corrected chi connectivity index (χ0v) is 14.0. The van der Waals surface area contributed by atoms with Crippen molar-refractivity contribution in [1.82, 2.24) is 4.90 Å². The first-order valence-electron chi connectivity index (χ1n) is 8.51. The molecule has 0 spiro atoms. The number of aliphatic hydroxyl groups is 1. The molecule has 2 rings (SSSR count). The molecular weight excluding hydrogens is 308 g/mol. The van der Waals surface area contributed by atoms with Crippen molar-refractivity contribution in [1.29, 1.82) is 0 Å². The molecular formula is C17H26N4O3. The summed E-state index contributed by atoms with van der Waals surface area (Å²) in [6, 6.07) is 7.61. The highest BCUT2D eigenvalue weighted by Gasteiger charge is 2.10. The summed E-state index contributed by atoms with van der Waals surface area (Å²) in [4.78, 5) is 5.05. The highest BCUT2D eigenvalue weighted by atomic mass is 16.5. The van der Waals surface area contributed by atoms with Gasteiger partial charge in [0, 0.05) is 31.1 Å². The first-order chi connectivity index (χ1) is 11.8. The van der Waals surface area contributed by atoms with E-state index in [0.29, 0.717) is 19.6 Å². The minimum Gasteiger partial charge on any atom is -0.492 e. The van der Waals surface area contributed by atoms with E-state index in [2.05, 4.69) is 14.9 Å². The first kappa shape index (κ1) is 18.5. The molecule has 1 atom stereocenters. The van der Waals surface area contributed by atoms with Crippen LogP contribution in [0.2, 0.25) is 0 Å². The predicted octanol–water partition coefficient (Wildman–Crippen LogP) is 2.91. The van der Waals surface area contributed by atoms with E-state index in [4.69, 9.17) is 15.0 Å². The Balaban J connectivity index is 1.66. The summed E-state index contributed by atoms with van der Waals surface area (Å²) in [5, 5.41) is 13.6. The molecule has 0 aromatic heterocycles. The average Bonchev–Trinajstić information content (AvgIpc) is 2.63. The summed E-state index contributed by atoms with van der Waals surface area (Å²) in [5.74, 6) is 0.822. The number of nitrogens with zero attached hydrogens (tertiary/aromatic N) is 4. The lowest BCUT2D eigenvalue weighted by Crippen LogP contribution is -2.38. The van der Waals surface area contributed by atoms with Gasteiger partial charge in [0.15, 0.2) is 0 Å². The summed E-state index contributed by atoms with van der Waals surface area (Å²) in [7, 11) is 0. The number of hydrogen-bond donors (Lipinski definition) is 1. The molecule has 1 aliphatic heterocycles. The van der Waals surface area contributed by atoms with Gasteiger partial charge in [-0.1, -0.05) is 23.7 Å². The van der Waals surface area contributed by atoms with Crippen molar-refractivity contribution >= 4 is 0 Å². The van der Waals surface area contributed by atoms with E-state index in [1.807, 2.05) is 24.3 Å². The largest absolute Gasteiger partial charge is 0.492 e. The Kier molecular flexibility index (Phi) is 8.41. The zero-order valence-electron chi connectivity index (χ0n) is 14.0. The van der Waals surface area contributed by atoms with E-state index < -0.39 is 6.10 Å². The van der Waals surface area contributed by atoms with Crippen molar-refractivity contribution < 1.29 is 14.6 Å². The summed E-state index contributed by atoms with van der Waals surface area (Å²) in [5.41, 5.74) is 9.09. The first-order valence-corrected chi connectivity index (χ1v) is 8.51. The van der Waals surface area contributed by atoms with Gasteiger partial charge in [-0.25, -0.2) is 0 Å². The van der Waals surface area contributed by atoms with Crippen molar-refractivity contribution in [3.05, 3.63) is 40.3 Å². The maximum atomic E-state index is 10.2. The van der Waals surface area contributed by atoms with Crippen LogP contribution in [0.15, 0.2) is 29.4 Å². The lowest BCUT2D eigenvalue weighted by Gasteiger charge is -2.26. The van der Waals surface area contributed by atoms with Gasteiger partial charge < -0.3 is 14.6 Å². The van der Waals surface area contributed by atoms with Crippen LogP contribution in [0.5, 0.6) is 5.75 Å². The maximum absolute atomic E-state index is 10.2. The van der Waals surface area contributed by atoms with Gasteiger partial charge in [0.1, 0.15) is 12.4 Å². The Bertz CT molecular complexity index is 511. The lowest BCUT2D eigenvalue weighted by atomic mass is 10.0. The third-order valence-electron chi connectivity index (χ3n) is 4.09. The number of benzene rings is 1. The van der Waals surface area contributed by atoms with Crippen molar-refractivity contribution in [3.63, 3.8) is 0 Å². The second-order valence-electron chi connectivity index (χ2n) is 5.84. The number of morpholine rings is 1. The molecule has 1 fully saturated rings. The summed E-state index contributed by atoms with van der Waals surface area (Å²) in [6.45, 7) is 5.58. The van der Waals surface area contributed by atoms with Gasteiger partial charge >= 0.3 is 0 Å². The third-order valence-corrected chi connectivity index (χ3v) is 4.09. The van der Waals surface area contributed by atoms with Gasteiger partial charge in [-0.2, -0.15) is 0 Å². The summed E-state index contributed by atoms with van der Waals surface area (Å²) < 4.78 is 11.1. The number of aliphatic hydroxyl groups excluding tert-OH is 1. The van der Waals surface area contributed by atoms with Crippen LogP contribution in [0.4, 0.5) is 0 Å². The SMILES string of the molecule is [N-]=[N+]=NCCCCC(O)c1ccc(OCCN2CCOCC2)cc1. The molecule has 1 unspecified atom stereocenters. The monoisotopic (exact) mass is 334 g/mol. The Morgan fingerprint density at radius 3 is 2.71 bits per heavy atom. The van der Waals surface area contributed by atoms with Crippen molar-refractivity contribution in [3.8, 4) is 5.75 Å². The van der Waals surface area contributed by atoms with E-state index in [9.17, 15) is 5.11 Å². The van der Waals surface area contributed by atoms with Gasteiger partial charge in [0.05, 0.1) is 19.3 Å². The topological polar surface area (TPSA) is 90.7 Å². The number of hydrogen-bond acceptors (Lipinski definition) is 5. The normalized spacial score (nSPS) is 16.4. The highest BCUT2D eigenvalue weighted by molar-refractivity contribution is 5.28. The second-order valence-corrected chi connectivity index (χ2v) is 5.84. The molecule has 1 aromatic carbocycles. The van der Waals surface area contributed by atoms with Crippen LogP contribution in [0, 0.1) is 0 Å². The van der Waals surface area contributed by atoms with Crippen LogP contribution in [0.1, 0.15) is 30.9 Å². The average molecular weight is 334 g/mol. The lowest BCUT2D eigenvalue weighted by molar-refractivity contribution is 0.0322. The Morgan fingerprint density at radius 1 is 1.25 bits per heavy atom. The van der Waals surface area contributed by atoms with E-state index in [1.54, 1.807) is 0 Å². The molecule has 0 amide bonds. The molecule has 0 radical (unpaired) electrons. The smallest absolute Gasteiger partial charge is 0.119 e. The molecule has 24 heavy (non-hydrogen) atoms.